The van der Waals surface area contributed by atoms with Crippen molar-refractivity contribution >= 4 is 29.0 Å². The first-order valence-electron chi connectivity index (χ1n) is 11.6. The molecular formula is C28H27ClF2N2O3. The molecule has 3 aromatic carbocycles. The van der Waals surface area contributed by atoms with E-state index in [1.54, 1.807) is 32.9 Å². The van der Waals surface area contributed by atoms with Gasteiger partial charge in [-0.1, -0.05) is 17.7 Å². The van der Waals surface area contributed by atoms with Crippen LogP contribution in [0.5, 0.6) is 5.75 Å². The first-order chi connectivity index (χ1) is 16.9. The van der Waals surface area contributed by atoms with Gasteiger partial charge >= 0.3 is 0 Å². The van der Waals surface area contributed by atoms with Gasteiger partial charge in [-0.2, -0.15) is 0 Å². The monoisotopic (exact) mass is 512 g/mol. The van der Waals surface area contributed by atoms with Gasteiger partial charge in [-0.15, -0.1) is 0 Å². The summed E-state index contributed by atoms with van der Waals surface area (Å²) in [6, 6.07) is 11.8. The Kier molecular flexibility index (Phi) is 7.16. The van der Waals surface area contributed by atoms with Crippen LogP contribution in [0.25, 0.3) is 0 Å². The third-order valence-electron chi connectivity index (χ3n) is 6.13. The summed E-state index contributed by atoms with van der Waals surface area (Å²) >= 11 is 6.11. The second-order valence-corrected chi connectivity index (χ2v) is 10.1. The number of benzene rings is 3. The standard InChI is InChI=1S/C28H27ClF2N2O3/c1-15-23(8-7-22(26(15)31)28(2,3)32)33-25(34)14-36-24-9-6-19(29)13-21(24)27(35)18-10-17(16-4-5-16)11-20(30)12-18/h6-13,16H,4-5,14,32H2,1-3H3,(H,33,34). The Labute approximate surface area is 213 Å². The van der Waals surface area contributed by atoms with Crippen molar-refractivity contribution in [1.29, 1.82) is 0 Å². The fourth-order valence-electron chi connectivity index (χ4n) is 4.00. The third-order valence-corrected chi connectivity index (χ3v) is 6.37. The lowest BCUT2D eigenvalue weighted by Crippen LogP contribution is -2.30. The summed E-state index contributed by atoms with van der Waals surface area (Å²) in [4.78, 5) is 25.8. The highest BCUT2D eigenvalue weighted by atomic mass is 35.5. The molecule has 1 aliphatic rings. The van der Waals surface area contributed by atoms with Gasteiger partial charge in [-0.3, -0.25) is 9.59 Å². The zero-order valence-electron chi connectivity index (χ0n) is 20.3. The van der Waals surface area contributed by atoms with Gasteiger partial charge in [0.15, 0.2) is 12.4 Å². The lowest BCUT2D eigenvalue weighted by molar-refractivity contribution is -0.118. The van der Waals surface area contributed by atoms with Gasteiger partial charge in [-0.05, 0) is 87.6 Å². The Morgan fingerprint density at radius 3 is 2.50 bits per heavy atom. The number of ketones is 1. The maximum Gasteiger partial charge on any atom is 0.262 e. The smallest absolute Gasteiger partial charge is 0.262 e. The Hall–Kier alpha value is -3.29. The molecule has 3 aromatic rings. The molecule has 0 spiro atoms. The number of hydrogen-bond acceptors (Lipinski definition) is 4. The first kappa shape index (κ1) is 25.8. The van der Waals surface area contributed by atoms with Crippen LogP contribution in [0.1, 0.15) is 65.2 Å². The molecule has 0 saturated heterocycles. The van der Waals surface area contributed by atoms with Crippen LogP contribution in [0.15, 0.2) is 48.5 Å². The minimum Gasteiger partial charge on any atom is -0.483 e. The summed E-state index contributed by atoms with van der Waals surface area (Å²) in [5, 5.41) is 2.92. The molecule has 0 heterocycles. The molecule has 5 nitrogen and oxygen atoms in total. The molecule has 0 aliphatic heterocycles. The van der Waals surface area contributed by atoms with Gasteiger partial charge in [0.05, 0.1) is 5.56 Å². The van der Waals surface area contributed by atoms with Crippen molar-refractivity contribution in [2.24, 2.45) is 5.73 Å². The van der Waals surface area contributed by atoms with Crippen LogP contribution in [0, 0.1) is 18.6 Å². The van der Waals surface area contributed by atoms with Crippen molar-refractivity contribution in [2.45, 2.75) is 45.1 Å². The lowest BCUT2D eigenvalue weighted by atomic mass is 9.93. The lowest BCUT2D eigenvalue weighted by Gasteiger charge is -2.22. The van der Waals surface area contributed by atoms with Crippen molar-refractivity contribution < 1.29 is 23.1 Å². The average molecular weight is 513 g/mol. The van der Waals surface area contributed by atoms with Crippen LogP contribution in [0.3, 0.4) is 0 Å². The predicted molar refractivity (Wildman–Crippen MR) is 136 cm³/mol. The molecule has 1 amide bonds. The molecule has 0 bridgehead atoms. The van der Waals surface area contributed by atoms with Crippen molar-refractivity contribution in [3.8, 4) is 5.75 Å². The number of amides is 1. The molecule has 3 N–H and O–H groups in total. The predicted octanol–water partition coefficient (Wildman–Crippen LogP) is 6.25. The maximum absolute atomic E-state index is 14.8. The fourth-order valence-corrected chi connectivity index (χ4v) is 4.18. The number of carbonyl (C=O) groups is 2. The molecule has 0 radical (unpaired) electrons. The van der Waals surface area contributed by atoms with Gasteiger partial charge in [0.1, 0.15) is 17.4 Å². The van der Waals surface area contributed by atoms with Crippen LogP contribution in [-0.4, -0.2) is 18.3 Å². The third kappa shape index (κ3) is 5.74. The molecule has 0 unspecified atom stereocenters. The summed E-state index contributed by atoms with van der Waals surface area (Å²) in [7, 11) is 0. The first-order valence-corrected chi connectivity index (χ1v) is 12.0. The number of hydrogen-bond donors (Lipinski definition) is 2. The number of halogens is 3. The van der Waals surface area contributed by atoms with Gasteiger partial charge in [0.25, 0.3) is 5.91 Å². The fraction of sp³-hybridized carbons (Fsp3) is 0.286. The summed E-state index contributed by atoms with van der Waals surface area (Å²) in [5.41, 5.74) is 7.08. The minimum absolute atomic E-state index is 0.111. The number of anilines is 1. The minimum atomic E-state index is -0.876. The molecule has 0 atom stereocenters. The van der Waals surface area contributed by atoms with Crippen LogP contribution in [0.2, 0.25) is 5.02 Å². The summed E-state index contributed by atoms with van der Waals surface area (Å²) in [6.07, 6.45) is 1.93. The second kappa shape index (κ2) is 9.99. The van der Waals surface area contributed by atoms with Gasteiger partial charge in [-0.25, -0.2) is 8.78 Å². The van der Waals surface area contributed by atoms with Crippen LogP contribution < -0.4 is 15.8 Å². The quantitative estimate of drug-likeness (QED) is 0.350. The second-order valence-electron chi connectivity index (χ2n) is 9.68. The summed E-state index contributed by atoms with van der Waals surface area (Å²) < 4.78 is 34.6. The van der Waals surface area contributed by atoms with Crippen LogP contribution >= 0.6 is 11.6 Å². The van der Waals surface area contributed by atoms with E-state index in [1.807, 2.05) is 0 Å². The van der Waals surface area contributed by atoms with E-state index in [-0.39, 0.29) is 34.0 Å². The Bertz CT molecular complexity index is 1350. The Balaban J connectivity index is 1.51. The molecule has 0 aromatic heterocycles. The number of carbonyl (C=O) groups excluding carboxylic acids is 2. The zero-order chi connectivity index (χ0) is 26.2. The molecule has 4 rings (SSSR count). The molecule has 1 aliphatic carbocycles. The van der Waals surface area contributed by atoms with Crippen LogP contribution in [-0.2, 0) is 10.3 Å². The molecule has 8 heteroatoms. The molecule has 36 heavy (non-hydrogen) atoms. The van der Waals surface area contributed by atoms with E-state index in [9.17, 15) is 18.4 Å². The van der Waals surface area contributed by atoms with E-state index in [0.717, 1.165) is 18.4 Å². The number of nitrogens with one attached hydrogen (secondary N) is 1. The molecule has 1 fully saturated rings. The number of nitrogens with two attached hydrogens (primary N) is 1. The normalized spacial score (nSPS) is 13.4. The van der Waals surface area contributed by atoms with Gasteiger partial charge in [0.2, 0.25) is 0 Å². The Morgan fingerprint density at radius 2 is 1.83 bits per heavy atom. The van der Waals surface area contributed by atoms with Gasteiger partial charge < -0.3 is 15.8 Å². The molecule has 1 saturated carbocycles. The highest BCUT2D eigenvalue weighted by Crippen LogP contribution is 2.41. The van der Waals surface area contributed by atoms with E-state index in [4.69, 9.17) is 22.1 Å². The summed E-state index contributed by atoms with van der Waals surface area (Å²) in [6.45, 7) is 4.49. The Morgan fingerprint density at radius 1 is 1.11 bits per heavy atom. The largest absolute Gasteiger partial charge is 0.483 e. The highest BCUT2D eigenvalue weighted by molar-refractivity contribution is 6.31. The van der Waals surface area contributed by atoms with Crippen LogP contribution in [0.4, 0.5) is 14.5 Å². The average Bonchev–Trinajstić information content (AvgIpc) is 3.65. The van der Waals surface area contributed by atoms with E-state index < -0.39 is 35.5 Å². The number of rotatable bonds is 8. The van der Waals surface area contributed by atoms with Crippen molar-refractivity contribution in [3.63, 3.8) is 0 Å². The van der Waals surface area contributed by atoms with Crippen molar-refractivity contribution in [1.82, 2.24) is 0 Å². The van der Waals surface area contributed by atoms with Gasteiger partial charge in [0, 0.05) is 32.9 Å². The summed E-state index contributed by atoms with van der Waals surface area (Å²) in [5.74, 6) is -1.60. The van der Waals surface area contributed by atoms with E-state index >= 15 is 0 Å². The SMILES string of the molecule is Cc1c(NC(=O)COc2ccc(Cl)cc2C(=O)c2cc(F)cc(C3CC3)c2)ccc(C(C)(C)N)c1F. The van der Waals surface area contributed by atoms with Crippen molar-refractivity contribution in [2.75, 3.05) is 11.9 Å². The van der Waals surface area contributed by atoms with E-state index in [0.29, 0.717) is 10.6 Å². The molecule has 188 valence electrons. The van der Waals surface area contributed by atoms with E-state index in [2.05, 4.69) is 5.32 Å². The van der Waals surface area contributed by atoms with E-state index in [1.165, 1.54) is 36.4 Å². The molecular weight excluding hydrogens is 486 g/mol. The maximum atomic E-state index is 14.8. The zero-order valence-corrected chi connectivity index (χ0v) is 21.0. The number of ether oxygens (including phenoxy) is 1. The topological polar surface area (TPSA) is 81.4 Å². The highest BCUT2D eigenvalue weighted by Gasteiger charge is 2.26. The van der Waals surface area contributed by atoms with Crippen molar-refractivity contribution in [3.05, 3.63) is 93.0 Å².